The third-order valence-corrected chi connectivity index (χ3v) is 4.87. The van der Waals surface area contributed by atoms with Crippen molar-refractivity contribution >= 4 is 12.0 Å². The molecule has 2 aromatic carbocycles. The highest BCUT2D eigenvalue weighted by Gasteiger charge is 2.22. The third kappa shape index (κ3) is 7.10. The first kappa shape index (κ1) is 24.8. The Bertz CT molecular complexity index is 1130. The number of halogens is 1. The van der Waals surface area contributed by atoms with E-state index in [1.807, 2.05) is 31.2 Å². The standard InChI is InChI=1S/C26H29FN4O3/c1-18-6-8-19(9-7-18)20-10-11-22(27)21(16-20)24(32)31(17-23-28-12-5-13-29-23)15-14-30-25(33)34-26(2,3)4/h5-13,16H,14-15,17H2,1-4H3,(H,30,33). The van der Waals surface area contributed by atoms with Gasteiger partial charge < -0.3 is 15.0 Å². The second-order valence-electron chi connectivity index (χ2n) is 8.88. The molecule has 8 heteroatoms. The average molecular weight is 465 g/mol. The molecule has 0 bridgehead atoms. The van der Waals surface area contributed by atoms with Crippen molar-refractivity contribution in [3.05, 3.63) is 83.7 Å². The van der Waals surface area contributed by atoms with Crippen molar-refractivity contribution in [3.63, 3.8) is 0 Å². The fourth-order valence-corrected chi connectivity index (χ4v) is 3.23. The summed E-state index contributed by atoms with van der Waals surface area (Å²) in [5.74, 6) is -0.743. The van der Waals surface area contributed by atoms with Crippen molar-refractivity contribution in [2.75, 3.05) is 13.1 Å². The lowest BCUT2D eigenvalue weighted by Crippen LogP contribution is -2.40. The van der Waals surface area contributed by atoms with Gasteiger partial charge in [-0.15, -0.1) is 0 Å². The molecule has 0 radical (unpaired) electrons. The second-order valence-corrected chi connectivity index (χ2v) is 8.88. The number of ether oxygens (including phenoxy) is 1. The smallest absolute Gasteiger partial charge is 0.407 e. The van der Waals surface area contributed by atoms with Crippen molar-refractivity contribution in [3.8, 4) is 11.1 Å². The Morgan fingerprint density at radius 3 is 2.32 bits per heavy atom. The third-order valence-electron chi connectivity index (χ3n) is 4.87. The monoisotopic (exact) mass is 464 g/mol. The van der Waals surface area contributed by atoms with Crippen LogP contribution >= 0.6 is 0 Å². The van der Waals surface area contributed by atoms with Gasteiger partial charge in [-0.25, -0.2) is 19.2 Å². The molecule has 7 nitrogen and oxygen atoms in total. The van der Waals surface area contributed by atoms with E-state index >= 15 is 0 Å². The highest BCUT2D eigenvalue weighted by atomic mass is 19.1. The Kier molecular flexibility index (Phi) is 7.94. The number of alkyl carbamates (subject to hydrolysis) is 1. The Morgan fingerprint density at radius 1 is 1.03 bits per heavy atom. The number of rotatable bonds is 7. The molecule has 0 saturated carbocycles. The van der Waals surface area contributed by atoms with Crippen LogP contribution in [0.25, 0.3) is 11.1 Å². The summed E-state index contributed by atoms with van der Waals surface area (Å²) in [7, 11) is 0. The Labute approximate surface area is 199 Å². The van der Waals surface area contributed by atoms with Crippen molar-refractivity contribution in [2.24, 2.45) is 0 Å². The summed E-state index contributed by atoms with van der Waals surface area (Å²) in [6.07, 6.45) is 2.55. The largest absolute Gasteiger partial charge is 0.444 e. The number of carbonyl (C=O) groups is 2. The van der Waals surface area contributed by atoms with Gasteiger partial charge in [0.1, 0.15) is 17.2 Å². The van der Waals surface area contributed by atoms with Gasteiger partial charge in [0, 0.05) is 25.5 Å². The lowest BCUT2D eigenvalue weighted by molar-refractivity contribution is 0.0511. The SMILES string of the molecule is Cc1ccc(-c2ccc(F)c(C(=O)N(CCNC(=O)OC(C)(C)C)Cc3ncccn3)c2)cc1. The highest BCUT2D eigenvalue weighted by Crippen LogP contribution is 2.24. The summed E-state index contributed by atoms with van der Waals surface area (Å²) in [6.45, 7) is 7.57. The molecular formula is C26H29FN4O3. The quantitative estimate of drug-likeness (QED) is 0.545. The van der Waals surface area contributed by atoms with Crippen molar-refractivity contribution in [1.82, 2.24) is 20.2 Å². The molecule has 3 rings (SSSR count). The molecule has 3 aromatic rings. The lowest BCUT2D eigenvalue weighted by atomic mass is 10.0. The van der Waals surface area contributed by atoms with Crippen LogP contribution in [0.4, 0.5) is 9.18 Å². The molecule has 2 amide bonds. The van der Waals surface area contributed by atoms with Crippen molar-refractivity contribution < 1.29 is 18.7 Å². The van der Waals surface area contributed by atoms with Gasteiger partial charge in [0.15, 0.2) is 0 Å². The molecule has 0 atom stereocenters. The molecule has 0 aliphatic heterocycles. The Hall–Kier alpha value is -3.81. The summed E-state index contributed by atoms with van der Waals surface area (Å²) in [5.41, 5.74) is 2.01. The topological polar surface area (TPSA) is 84.4 Å². The summed E-state index contributed by atoms with van der Waals surface area (Å²) in [6, 6.07) is 13.9. The van der Waals surface area contributed by atoms with Gasteiger partial charge in [-0.1, -0.05) is 35.9 Å². The number of carbonyl (C=O) groups excluding carboxylic acids is 2. The minimum Gasteiger partial charge on any atom is -0.444 e. The number of nitrogens with one attached hydrogen (secondary N) is 1. The molecule has 178 valence electrons. The molecule has 0 fully saturated rings. The Morgan fingerprint density at radius 2 is 1.68 bits per heavy atom. The van der Waals surface area contributed by atoms with Gasteiger partial charge in [0.2, 0.25) is 0 Å². The van der Waals surface area contributed by atoms with Gasteiger partial charge >= 0.3 is 6.09 Å². The lowest BCUT2D eigenvalue weighted by Gasteiger charge is -2.24. The first-order valence-corrected chi connectivity index (χ1v) is 11.0. The first-order chi connectivity index (χ1) is 16.1. The first-order valence-electron chi connectivity index (χ1n) is 11.0. The van der Waals surface area contributed by atoms with Crippen LogP contribution in [0.2, 0.25) is 0 Å². The zero-order valence-corrected chi connectivity index (χ0v) is 19.8. The van der Waals surface area contributed by atoms with E-state index in [0.717, 1.165) is 16.7 Å². The van der Waals surface area contributed by atoms with E-state index in [4.69, 9.17) is 4.74 Å². The van der Waals surface area contributed by atoms with Crippen LogP contribution in [-0.4, -0.2) is 45.6 Å². The zero-order valence-electron chi connectivity index (χ0n) is 19.8. The van der Waals surface area contributed by atoms with Crippen molar-refractivity contribution in [2.45, 2.75) is 39.8 Å². The molecule has 1 aromatic heterocycles. The van der Waals surface area contributed by atoms with Crippen LogP contribution in [-0.2, 0) is 11.3 Å². The summed E-state index contributed by atoms with van der Waals surface area (Å²) in [4.78, 5) is 35.1. The maximum atomic E-state index is 14.8. The van der Waals surface area contributed by atoms with Crippen LogP contribution in [0, 0.1) is 12.7 Å². The minimum absolute atomic E-state index is 0.0594. The van der Waals surface area contributed by atoms with E-state index in [0.29, 0.717) is 5.82 Å². The molecule has 34 heavy (non-hydrogen) atoms. The molecule has 0 aliphatic carbocycles. The average Bonchev–Trinajstić information content (AvgIpc) is 2.78. The summed E-state index contributed by atoms with van der Waals surface area (Å²) in [5, 5.41) is 2.63. The minimum atomic E-state index is -0.642. The van der Waals surface area contributed by atoms with Gasteiger partial charge in [-0.2, -0.15) is 0 Å². The maximum absolute atomic E-state index is 14.8. The molecule has 1 N–H and O–H groups in total. The van der Waals surface area contributed by atoms with Gasteiger partial charge in [0.05, 0.1) is 12.1 Å². The van der Waals surface area contributed by atoms with E-state index in [-0.39, 0.29) is 25.2 Å². The number of hydrogen-bond donors (Lipinski definition) is 1. The van der Waals surface area contributed by atoms with Crippen LogP contribution < -0.4 is 5.32 Å². The Balaban J connectivity index is 1.82. The number of amides is 2. The van der Waals surface area contributed by atoms with E-state index in [9.17, 15) is 14.0 Å². The fraction of sp³-hybridized carbons (Fsp3) is 0.308. The van der Waals surface area contributed by atoms with Gasteiger partial charge in [0.25, 0.3) is 5.91 Å². The normalized spacial score (nSPS) is 11.1. The number of benzene rings is 2. The maximum Gasteiger partial charge on any atom is 0.407 e. The van der Waals surface area contributed by atoms with Crippen LogP contribution in [0.15, 0.2) is 60.9 Å². The van der Waals surface area contributed by atoms with E-state index in [2.05, 4.69) is 15.3 Å². The summed E-state index contributed by atoms with van der Waals surface area (Å²) < 4.78 is 20.0. The van der Waals surface area contributed by atoms with Crippen molar-refractivity contribution in [1.29, 1.82) is 0 Å². The number of nitrogens with zero attached hydrogens (tertiary/aromatic N) is 3. The van der Waals surface area contributed by atoms with Gasteiger partial charge in [-0.3, -0.25) is 4.79 Å². The predicted molar refractivity (Wildman–Crippen MR) is 128 cm³/mol. The zero-order chi connectivity index (χ0) is 24.7. The highest BCUT2D eigenvalue weighted by molar-refractivity contribution is 5.95. The number of aromatic nitrogens is 2. The van der Waals surface area contributed by atoms with Crippen LogP contribution in [0.5, 0.6) is 0 Å². The molecule has 0 unspecified atom stereocenters. The molecular weight excluding hydrogens is 435 g/mol. The number of hydrogen-bond acceptors (Lipinski definition) is 5. The number of aryl methyl sites for hydroxylation is 1. The van der Waals surface area contributed by atoms with Gasteiger partial charge in [-0.05, 0) is 57.0 Å². The molecule has 1 heterocycles. The summed E-state index contributed by atoms with van der Waals surface area (Å²) >= 11 is 0. The second kappa shape index (κ2) is 10.9. The predicted octanol–water partition coefficient (Wildman–Crippen LogP) is 4.76. The van der Waals surface area contributed by atoms with Crippen LogP contribution in [0.1, 0.15) is 42.5 Å². The fourth-order valence-electron chi connectivity index (χ4n) is 3.23. The molecule has 0 saturated heterocycles. The van der Waals surface area contributed by atoms with E-state index < -0.39 is 23.4 Å². The van der Waals surface area contributed by atoms with Crippen LogP contribution in [0.3, 0.4) is 0 Å². The van der Waals surface area contributed by atoms with E-state index in [1.54, 1.807) is 51.4 Å². The molecule has 0 aliphatic rings. The van der Waals surface area contributed by atoms with E-state index in [1.165, 1.54) is 11.0 Å². The molecule has 0 spiro atoms.